The van der Waals surface area contributed by atoms with Crippen molar-refractivity contribution >= 4 is 11.4 Å². The van der Waals surface area contributed by atoms with E-state index >= 15 is 0 Å². The van der Waals surface area contributed by atoms with Gasteiger partial charge >= 0.3 is 0 Å². The van der Waals surface area contributed by atoms with Gasteiger partial charge in [0, 0.05) is 19.2 Å². The number of aromatic nitrogens is 1. The second kappa shape index (κ2) is 5.18. The topological polar surface area (TPSA) is 37.4 Å². The molecular formula is C15H17N3O. The molecule has 2 aromatic rings. The van der Waals surface area contributed by atoms with Gasteiger partial charge in [-0.05, 0) is 18.2 Å². The van der Waals surface area contributed by atoms with Crippen LogP contribution in [0.5, 0.6) is 5.88 Å². The van der Waals surface area contributed by atoms with Gasteiger partial charge in [0.2, 0.25) is 5.88 Å². The van der Waals surface area contributed by atoms with Crippen molar-refractivity contribution in [2.75, 3.05) is 30.4 Å². The van der Waals surface area contributed by atoms with Crippen LogP contribution in [0.4, 0.5) is 11.4 Å². The van der Waals surface area contributed by atoms with Gasteiger partial charge in [0.25, 0.3) is 0 Å². The molecule has 1 aromatic carbocycles. The fraction of sp³-hybridized carbons (Fsp3) is 0.267. The van der Waals surface area contributed by atoms with E-state index in [1.54, 1.807) is 7.11 Å². The van der Waals surface area contributed by atoms with Gasteiger partial charge in [0.05, 0.1) is 30.7 Å². The quantitative estimate of drug-likeness (QED) is 0.914. The Hall–Kier alpha value is -2.23. The van der Waals surface area contributed by atoms with Crippen molar-refractivity contribution in [1.82, 2.24) is 4.98 Å². The van der Waals surface area contributed by atoms with Crippen LogP contribution in [-0.4, -0.2) is 25.2 Å². The van der Waals surface area contributed by atoms with Crippen molar-refractivity contribution in [1.29, 1.82) is 0 Å². The average molecular weight is 255 g/mol. The van der Waals surface area contributed by atoms with Gasteiger partial charge in [-0.2, -0.15) is 0 Å². The first-order chi connectivity index (χ1) is 9.36. The van der Waals surface area contributed by atoms with Gasteiger partial charge in [-0.25, -0.2) is 4.98 Å². The highest BCUT2D eigenvalue weighted by Crippen LogP contribution is 2.29. The predicted octanol–water partition coefficient (Wildman–Crippen LogP) is 2.52. The molecule has 0 bridgehead atoms. The number of anilines is 2. The van der Waals surface area contributed by atoms with E-state index in [2.05, 4.69) is 39.5 Å². The molecule has 4 heteroatoms. The summed E-state index contributed by atoms with van der Waals surface area (Å²) in [6, 6.07) is 14.3. The van der Waals surface area contributed by atoms with Crippen LogP contribution in [-0.2, 0) is 6.54 Å². The van der Waals surface area contributed by atoms with Crippen LogP contribution in [0, 0.1) is 0 Å². The highest BCUT2D eigenvalue weighted by Gasteiger charge is 2.16. The first-order valence-electron chi connectivity index (χ1n) is 6.44. The normalized spacial score (nSPS) is 13.6. The summed E-state index contributed by atoms with van der Waals surface area (Å²) in [4.78, 5) is 6.81. The largest absolute Gasteiger partial charge is 0.481 e. The molecule has 2 heterocycles. The minimum atomic E-state index is 0.668. The zero-order chi connectivity index (χ0) is 13.1. The Kier molecular flexibility index (Phi) is 3.23. The number of fused-ring (bicyclic) bond motifs is 1. The summed E-state index contributed by atoms with van der Waals surface area (Å²) in [6.07, 6.45) is 0. The van der Waals surface area contributed by atoms with Gasteiger partial charge in [0.15, 0.2) is 0 Å². The number of benzene rings is 1. The molecule has 1 aliphatic heterocycles. The number of nitrogens with zero attached hydrogens (tertiary/aromatic N) is 2. The maximum Gasteiger partial charge on any atom is 0.213 e. The van der Waals surface area contributed by atoms with Crippen LogP contribution in [0.3, 0.4) is 0 Å². The molecule has 0 spiro atoms. The second-order valence-corrected chi connectivity index (χ2v) is 4.54. The first-order valence-corrected chi connectivity index (χ1v) is 6.44. The van der Waals surface area contributed by atoms with Crippen molar-refractivity contribution in [3.8, 4) is 5.88 Å². The maximum absolute atomic E-state index is 5.17. The van der Waals surface area contributed by atoms with Gasteiger partial charge in [-0.1, -0.05) is 18.2 Å². The van der Waals surface area contributed by atoms with E-state index in [0.29, 0.717) is 5.88 Å². The molecule has 0 radical (unpaired) electrons. The lowest BCUT2D eigenvalue weighted by molar-refractivity contribution is 0.396. The Balaban J connectivity index is 1.84. The van der Waals surface area contributed by atoms with Crippen LogP contribution >= 0.6 is 0 Å². The summed E-state index contributed by atoms with van der Waals surface area (Å²) in [5.74, 6) is 0.668. The van der Waals surface area contributed by atoms with Crippen LogP contribution in [0.1, 0.15) is 5.69 Å². The Morgan fingerprint density at radius 3 is 3.00 bits per heavy atom. The zero-order valence-corrected chi connectivity index (χ0v) is 11.0. The Morgan fingerprint density at radius 1 is 1.21 bits per heavy atom. The van der Waals surface area contributed by atoms with Gasteiger partial charge in [-0.3, -0.25) is 0 Å². The number of rotatable bonds is 3. The summed E-state index contributed by atoms with van der Waals surface area (Å²) in [5, 5.41) is 3.41. The molecule has 0 unspecified atom stereocenters. The molecular weight excluding hydrogens is 238 g/mol. The van der Waals surface area contributed by atoms with Crippen molar-refractivity contribution in [3.05, 3.63) is 48.2 Å². The second-order valence-electron chi connectivity index (χ2n) is 4.54. The average Bonchev–Trinajstić information content (AvgIpc) is 2.48. The number of ether oxygens (including phenoxy) is 1. The molecule has 3 rings (SSSR count). The van der Waals surface area contributed by atoms with E-state index < -0.39 is 0 Å². The van der Waals surface area contributed by atoms with Crippen molar-refractivity contribution in [2.24, 2.45) is 0 Å². The summed E-state index contributed by atoms with van der Waals surface area (Å²) in [6.45, 7) is 2.74. The van der Waals surface area contributed by atoms with Crippen molar-refractivity contribution in [2.45, 2.75) is 6.54 Å². The standard InChI is InChI=1S/C15H17N3O/c1-19-15-8-4-5-12(17-15)11-18-10-9-16-13-6-2-3-7-14(13)18/h2-8,16H,9-11H2,1H3. The fourth-order valence-corrected chi connectivity index (χ4v) is 2.36. The SMILES string of the molecule is COc1cccc(CN2CCNc3ccccc32)n1. The van der Waals surface area contributed by atoms with Crippen LogP contribution < -0.4 is 15.0 Å². The minimum absolute atomic E-state index is 0.668. The van der Waals surface area contributed by atoms with Gasteiger partial charge in [-0.15, -0.1) is 0 Å². The van der Waals surface area contributed by atoms with E-state index in [1.165, 1.54) is 11.4 Å². The summed E-state index contributed by atoms with van der Waals surface area (Å²) < 4.78 is 5.17. The number of nitrogens with one attached hydrogen (secondary N) is 1. The summed E-state index contributed by atoms with van der Waals surface area (Å²) in [7, 11) is 1.65. The third kappa shape index (κ3) is 2.47. The van der Waals surface area contributed by atoms with Crippen LogP contribution in [0.2, 0.25) is 0 Å². The molecule has 0 saturated heterocycles. The molecule has 4 nitrogen and oxygen atoms in total. The van der Waals surface area contributed by atoms with Crippen LogP contribution in [0.25, 0.3) is 0 Å². The Labute approximate surface area is 113 Å². The monoisotopic (exact) mass is 255 g/mol. The molecule has 1 N–H and O–H groups in total. The molecule has 0 aliphatic carbocycles. The highest BCUT2D eigenvalue weighted by atomic mass is 16.5. The molecule has 0 fully saturated rings. The number of para-hydroxylation sites is 2. The molecule has 0 saturated carbocycles. The molecule has 1 aliphatic rings. The summed E-state index contributed by atoms with van der Waals surface area (Å²) in [5.41, 5.74) is 3.45. The van der Waals surface area contributed by atoms with E-state index in [1.807, 2.05) is 18.2 Å². The van der Waals surface area contributed by atoms with E-state index in [9.17, 15) is 0 Å². The lowest BCUT2D eigenvalue weighted by Gasteiger charge is -2.31. The number of pyridine rings is 1. The lowest BCUT2D eigenvalue weighted by Crippen LogP contribution is -2.33. The van der Waals surface area contributed by atoms with E-state index in [4.69, 9.17) is 4.74 Å². The van der Waals surface area contributed by atoms with Crippen molar-refractivity contribution in [3.63, 3.8) is 0 Å². The Bertz CT molecular complexity index is 571. The Morgan fingerprint density at radius 2 is 2.11 bits per heavy atom. The van der Waals surface area contributed by atoms with E-state index in [0.717, 1.165) is 25.3 Å². The lowest BCUT2D eigenvalue weighted by atomic mass is 10.2. The van der Waals surface area contributed by atoms with Crippen molar-refractivity contribution < 1.29 is 4.74 Å². The highest BCUT2D eigenvalue weighted by molar-refractivity contribution is 5.71. The minimum Gasteiger partial charge on any atom is -0.481 e. The molecule has 98 valence electrons. The van der Waals surface area contributed by atoms with Crippen LogP contribution in [0.15, 0.2) is 42.5 Å². The number of methoxy groups -OCH3 is 1. The first kappa shape index (κ1) is 11.8. The third-order valence-corrected chi connectivity index (χ3v) is 3.29. The number of hydrogen-bond donors (Lipinski definition) is 1. The fourth-order valence-electron chi connectivity index (χ4n) is 2.36. The molecule has 19 heavy (non-hydrogen) atoms. The number of hydrogen-bond acceptors (Lipinski definition) is 4. The molecule has 1 aromatic heterocycles. The predicted molar refractivity (Wildman–Crippen MR) is 76.8 cm³/mol. The third-order valence-electron chi connectivity index (χ3n) is 3.29. The van der Waals surface area contributed by atoms with Gasteiger partial charge in [0.1, 0.15) is 0 Å². The smallest absolute Gasteiger partial charge is 0.213 e. The summed E-state index contributed by atoms with van der Waals surface area (Å²) >= 11 is 0. The molecule has 0 amide bonds. The van der Waals surface area contributed by atoms with E-state index in [-0.39, 0.29) is 0 Å². The zero-order valence-electron chi connectivity index (χ0n) is 11.0. The maximum atomic E-state index is 5.17. The van der Waals surface area contributed by atoms with Gasteiger partial charge < -0.3 is 15.0 Å². The molecule has 0 atom stereocenters.